The van der Waals surface area contributed by atoms with Crippen LogP contribution in [0.2, 0.25) is 0 Å². The third-order valence-electron chi connectivity index (χ3n) is 5.11. The standard InChI is InChI=1S/C20H19N7O2/c1-11-3-4-13(18-25-20(29-26-18)15-7-12(2)23-15)8-14(11)24-19(28)16-9-22-17-10-21-5-6-27(16)17/h3-6,8-10,12,15,23H,7H2,1-2H3,(H,24,28)/t12-,15-/m0/s1. The molecular weight excluding hydrogens is 370 g/mol. The molecule has 3 aromatic heterocycles. The van der Waals surface area contributed by atoms with Crippen molar-refractivity contribution in [2.75, 3.05) is 5.32 Å². The summed E-state index contributed by atoms with van der Waals surface area (Å²) in [5.41, 5.74) is 3.42. The van der Waals surface area contributed by atoms with E-state index < -0.39 is 0 Å². The first kappa shape index (κ1) is 17.5. The molecule has 0 radical (unpaired) electrons. The van der Waals surface area contributed by atoms with E-state index >= 15 is 0 Å². The lowest BCUT2D eigenvalue weighted by Crippen LogP contribution is -2.43. The number of nitrogens with zero attached hydrogens (tertiary/aromatic N) is 5. The quantitative estimate of drug-likeness (QED) is 0.552. The van der Waals surface area contributed by atoms with Crippen molar-refractivity contribution in [1.82, 2.24) is 29.8 Å². The van der Waals surface area contributed by atoms with E-state index in [2.05, 4.69) is 37.7 Å². The smallest absolute Gasteiger partial charge is 0.274 e. The van der Waals surface area contributed by atoms with E-state index in [1.54, 1.807) is 23.0 Å². The van der Waals surface area contributed by atoms with Crippen LogP contribution in [0.25, 0.3) is 17.0 Å². The maximum Gasteiger partial charge on any atom is 0.274 e. The minimum absolute atomic E-state index is 0.112. The van der Waals surface area contributed by atoms with Crippen molar-refractivity contribution in [2.45, 2.75) is 32.4 Å². The van der Waals surface area contributed by atoms with Gasteiger partial charge in [-0.25, -0.2) is 4.98 Å². The number of hydrogen-bond acceptors (Lipinski definition) is 7. The van der Waals surface area contributed by atoms with E-state index in [0.717, 1.165) is 17.5 Å². The van der Waals surface area contributed by atoms with Crippen LogP contribution in [0, 0.1) is 6.92 Å². The van der Waals surface area contributed by atoms with Crippen LogP contribution in [0.5, 0.6) is 0 Å². The molecule has 2 atom stereocenters. The maximum absolute atomic E-state index is 12.8. The van der Waals surface area contributed by atoms with E-state index in [9.17, 15) is 4.79 Å². The molecule has 1 amide bonds. The first-order chi connectivity index (χ1) is 14.1. The average Bonchev–Trinajstić information content (AvgIpc) is 3.34. The molecule has 0 spiro atoms. The Hall–Kier alpha value is -3.59. The van der Waals surface area contributed by atoms with Gasteiger partial charge in [0.15, 0.2) is 5.65 Å². The van der Waals surface area contributed by atoms with Gasteiger partial charge in [-0.1, -0.05) is 17.3 Å². The number of rotatable bonds is 4. The Morgan fingerprint density at radius 1 is 1.34 bits per heavy atom. The van der Waals surface area contributed by atoms with Gasteiger partial charge < -0.3 is 15.2 Å². The predicted octanol–water partition coefficient (Wildman–Crippen LogP) is 2.76. The Morgan fingerprint density at radius 3 is 3.03 bits per heavy atom. The second-order valence-electron chi connectivity index (χ2n) is 7.24. The number of amides is 1. The number of carbonyl (C=O) groups excluding carboxylic acids is 1. The van der Waals surface area contributed by atoms with E-state index in [0.29, 0.717) is 34.8 Å². The Labute approximate surface area is 166 Å². The number of benzene rings is 1. The number of carbonyl (C=O) groups is 1. The van der Waals surface area contributed by atoms with Gasteiger partial charge in [0.2, 0.25) is 11.7 Å². The van der Waals surface area contributed by atoms with E-state index in [-0.39, 0.29) is 11.9 Å². The molecule has 146 valence electrons. The molecule has 1 saturated heterocycles. The zero-order valence-corrected chi connectivity index (χ0v) is 16.0. The fraction of sp³-hybridized carbons (Fsp3) is 0.250. The number of aromatic nitrogens is 5. The normalized spacial score (nSPS) is 18.6. The minimum atomic E-state index is -0.259. The molecule has 5 rings (SSSR count). The molecule has 9 nitrogen and oxygen atoms in total. The fourth-order valence-corrected chi connectivity index (χ4v) is 3.43. The lowest BCUT2D eigenvalue weighted by atomic mass is 9.99. The first-order valence-electron chi connectivity index (χ1n) is 9.37. The number of anilines is 1. The van der Waals surface area contributed by atoms with Crippen molar-refractivity contribution in [3.63, 3.8) is 0 Å². The van der Waals surface area contributed by atoms with Crippen molar-refractivity contribution in [3.8, 4) is 11.4 Å². The molecule has 4 aromatic rings. The zero-order valence-electron chi connectivity index (χ0n) is 16.0. The lowest BCUT2D eigenvalue weighted by Gasteiger charge is -2.31. The number of aryl methyl sites for hydroxylation is 1. The topological polar surface area (TPSA) is 110 Å². The van der Waals surface area contributed by atoms with Crippen LogP contribution in [-0.4, -0.2) is 36.5 Å². The summed E-state index contributed by atoms with van der Waals surface area (Å²) in [6.45, 7) is 4.04. The lowest BCUT2D eigenvalue weighted by molar-refractivity contribution is 0.102. The molecule has 1 aromatic carbocycles. The molecule has 9 heteroatoms. The Morgan fingerprint density at radius 2 is 2.21 bits per heavy atom. The molecule has 2 N–H and O–H groups in total. The van der Waals surface area contributed by atoms with Gasteiger partial charge in [0.05, 0.1) is 18.4 Å². The van der Waals surface area contributed by atoms with Crippen LogP contribution in [0.3, 0.4) is 0 Å². The predicted molar refractivity (Wildman–Crippen MR) is 105 cm³/mol. The molecule has 1 fully saturated rings. The molecule has 1 aliphatic rings. The number of hydrogen-bond donors (Lipinski definition) is 2. The minimum Gasteiger partial charge on any atom is -0.337 e. The highest BCUT2D eigenvalue weighted by Crippen LogP contribution is 2.29. The summed E-state index contributed by atoms with van der Waals surface area (Å²) in [6.07, 6.45) is 7.43. The van der Waals surface area contributed by atoms with Crippen molar-refractivity contribution >= 4 is 17.2 Å². The summed E-state index contributed by atoms with van der Waals surface area (Å²) in [6, 6.07) is 6.26. The van der Waals surface area contributed by atoms with Crippen molar-refractivity contribution in [1.29, 1.82) is 0 Å². The summed E-state index contributed by atoms with van der Waals surface area (Å²) < 4.78 is 7.10. The number of fused-ring (bicyclic) bond motifs is 1. The van der Waals surface area contributed by atoms with Crippen LogP contribution < -0.4 is 10.6 Å². The van der Waals surface area contributed by atoms with Crippen LogP contribution in [0.15, 0.2) is 47.5 Å². The summed E-state index contributed by atoms with van der Waals surface area (Å²) in [5, 5.41) is 10.4. The molecule has 29 heavy (non-hydrogen) atoms. The van der Waals surface area contributed by atoms with Gasteiger partial charge in [-0.15, -0.1) is 0 Å². The second kappa shape index (κ2) is 6.78. The molecule has 4 heterocycles. The third kappa shape index (κ3) is 3.15. The molecule has 1 aliphatic heterocycles. The monoisotopic (exact) mass is 389 g/mol. The second-order valence-corrected chi connectivity index (χ2v) is 7.24. The van der Waals surface area contributed by atoms with Gasteiger partial charge in [-0.3, -0.25) is 14.2 Å². The largest absolute Gasteiger partial charge is 0.337 e. The molecule has 0 bridgehead atoms. The van der Waals surface area contributed by atoms with Crippen molar-refractivity contribution in [3.05, 3.63) is 60.1 Å². The van der Waals surface area contributed by atoms with Gasteiger partial charge >= 0.3 is 0 Å². The summed E-state index contributed by atoms with van der Waals surface area (Å²) in [7, 11) is 0. The Bertz CT molecular complexity index is 1210. The van der Waals surface area contributed by atoms with Gasteiger partial charge in [0.1, 0.15) is 5.69 Å². The highest BCUT2D eigenvalue weighted by atomic mass is 16.5. The van der Waals surface area contributed by atoms with Gasteiger partial charge in [-0.05, 0) is 31.9 Å². The highest BCUT2D eigenvalue weighted by molar-refractivity contribution is 6.04. The average molecular weight is 389 g/mol. The van der Waals surface area contributed by atoms with Gasteiger partial charge in [0, 0.05) is 29.7 Å². The summed E-state index contributed by atoms with van der Waals surface area (Å²) in [4.78, 5) is 25.5. The fourth-order valence-electron chi connectivity index (χ4n) is 3.43. The molecule has 0 unspecified atom stereocenters. The van der Waals surface area contributed by atoms with Crippen molar-refractivity contribution in [2.24, 2.45) is 0 Å². The maximum atomic E-state index is 12.8. The molecule has 0 saturated carbocycles. The van der Waals surface area contributed by atoms with Crippen molar-refractivity contribution < 1.29 is 9.32 Å². The summed E-state index contributed by atoms with van der Waals surface area (Å²) >= 11 is 0. The van der Waals surface area contributed by atoms with Crippen LogP contribution in [0.1, 0.15) is 41.3 Å². The summed E-state index contributed by atoms with van der Waals surface area (Å²) in [5.74, 6) is 0.826. The SMILES string of the molecule is Cc1ccc(-c2noc([C@@H]3C[C@H](C)N3)n2)cc1NC(=O)c1cnc2cnccn12. The van der Waals surface area contributed by atoms with E-state index in [1.807, 2.05) is 25.1 Å². The van der Waals surface area contributed by atoms with Gasteiger partial charge in [0.25, 0.3) is 5.91 Å². The molecule has 0 aliphatic carbocycles. The Kier molecular flexibility index (Phi) is 4.09. The van der Waals surface area contributed by atoms with Crippen LogP contribution in [-0.2, 0) is 0 Å². The van der Waals surface area contributed by atoms with Crippen LogP contribution >= 0.6 is 0 Å². The van der Waals surface area contributed by atoms with Crippen LogP contribution in [0.4, 0.5) is 5.69 Å². The van der Waals surface area contributed by atoms with Gasteiger partial charge in [-0.2, -0.15) is 4.98 Å². The van der Waals surface area contributed by atoms with E-state index in [1.165, 1.54) is 6.20 Å². The zero-order chi connectivity index (χ0) is 20.0. The first-order valence-corrected chi connectivity index (χ1v) is 9.37. The molecular formula is C20H19N7O2. The van der Waals surface area contributed by atoms with E-state index in [4.69, 9.17) is 4.52 Å². The highest BCUT2D eigenvalue weighted by Gasteiger charge is 2.30. The number of nitrogens with one attached hydrogen (secondary N) is 2. The third-order valence-corrected chi connectivity index (χ3v) is 5.11. The number of imidazole rings is 1. The Balaban J connectivity index is 1.40.